The van der Waals surface area contributed by atoms with E-state index < -0.39 is 0 Å². The zero-order chi connectivity index (χ0) is 13.9. The van der Waals surface area contributed by atoms with Gasteiger partial charge in [-0.25, -0.2) is 4.98 Å². The van der Waals surface area contributed by atoms with Gasteiger partial charge in [0, 0.05) is 28.2 Å². The van der Waals surface area contributed by atoms with Gasteiger partial charge in [-0.1, -0.05) is 11.3 Å². The van der Waals surface area contributed by atoms with E-state index in [0.717, 1.165) is 0 Å². The first-order chi connectivity index (χ1) is 8.32. The number of nitrogens with one attached hydrogen (secondary N) is 1. The van der Waals surface area contributed by atoms with E-state index in [-0.39, 0.29) is 24.2 Å². The molecule has 1 aromatic heterocycles. The molecule has 0 saturated heterocycles. The molecule has 0 bridgehead atoms. The van der Waals surface area contributed by atoms with Gasteiger partial charge >= 0.3 is 0 Å². The highest BCUT2D eigenvalue weighted by molar-refractivity contribution is 7.18. The van der Waals surface area contributed by atoms with E-state index in [1.165, 1.54) is 16.2 Å². The number of amides is 2. The molecule has 0 saturated carbocycles. The molecule has 0 aliphatic rings. The standard InChI is InChI=1S/C10H17N5O2S/c1-14(2)6(16)5-12-9(17)7-8(11)13-10(18-7)15(3)4/h5,11H2,1-4H3,(H,12,17). The normalized spacial score (nSPS) is 10.0. The summed E-state index contributed by atoms with van der Waals surface area (Å²) in [4.78, 5) is 30.7. The maximum atomic E-state index is 11.8. The fourth-order valence-corrected chi connectivity index (χ4v) is 1.89. The molecule has 0 spiro atoms. The number of aromatic nitrogens is 1. The van der Waals surface area contributed by atoms with Gasteiger partial charge in [0.25, 0.3) is 5.91 Å². The largest absolute Gasteiger partial charge is 0.382 e. The highest BCUT2D eigenvalue weighted by Crippen LogP contribution is 2.26. The molecule has 1 heterocycles. The Morgan fingerprint density at radius 1 is 1.33 bits per heavy atom. The summed E-state index contributed by atoms with van der Waals surface area (Å²) in [5.41, 5.74) is 5.66. The summed E-state index contributed by atoms with van der Waals surface area (Å²) in [5, 5.41) is 3.16. The summed E-state index contributed by atoms with van der Waals surface area (Å²) in [6.45, 7) is -0.0551. The summed E-state index contributed by atoms with van der Waals surface area (Å²) in [7, 11) is 6.88. The number of rotatable bonds is 4. The third-order valence-electron chi connectivity index (χ3n) is 2.13. The first-order valence-electron chi connectivity index (χ1n) is 5.25. The maximum absolute atomic E-state index is 11.8. The second kappa shape index (κ2) is 5.67. The van der Waals surface area contributed by atoms with Gasteiger partial charge in [0.1, 0.15) is 10.7 Å². The molecule has 1 aromatic rings. The Balaban J connectivity index is 2.70. The lowest BCUT2D eigenvalue weighted by atomic mass is 10.4. The van der Waals surface area contributed by atoms with Crippen LogP contribution in [0.15, 0.2) is 0 Å². The molecule has 7 nitrogen and oxygen atoms in total. The lowest BCUT2D eigenvalue weighted by Gasteiger charge is -2.10. The number of nitrogen functional groups attached to an aromatic ring is 1. The monoisotopic (exact) mass is 271 g/mol. The number of hydrogen-bond donors (Lipinski definition) is 2. The Labute approximate surface area is 110 Å². The molecule has 0 unspecified atom stereocenters. The number of nitrogens with two attached hydrogens (primary N) is 1. The molecular formula is C10H17N5O2S. The second-order valence-electron chi connectivity index (χ2n) is 4.08. The van der Waals surface area contributed by atoms with Crippen LogP contribution in [0.3, 0.4) is 0 Å². The molecule has 100 valence electrons. The number of likely N-dealkylation sites (N-methyl/N-ethyl adjacent to an activating group) is 1. The Morgan fingerprint density at radius 2 is 1.94 bits per heavy atom. The average molecular weight is 271 g/mol. The summed E-state index contributed by atoms with van der Waals surface area (Å²) in [5.74, 6) is -0.383. The number of carbonyl (C=O) groups is 2. The van der Waals surface area contributed by atoms with Crippen molar-refractivity contribution in [2.24, 2.45) is 0 Å². The van der Waals surface area contributed by atoms with Crippen LogP contribution in [-0.4, -0.2) is 56.4 Å². The summed E-state index contributed by atoms with van der Waals surface area (Å²) >= 11 is 1.19. The lowest BCUT2D eigenvalue weighted by Crippen LogP contribution is -2.36. The van der Waals surface area contributed by atoms with Crippen molar-refractivity contribution in [1.29, 1.82) is 0 Å². The Hall–Kier alpha value is -1.83. The minimum absolute atomic E-state index is 0.0551. The van der Waals surface area contributed by atoms with E-state index in [4.69, 9.17) is 5.73 Å². The minimum atomic E-state index is -0.381. The van der Waals surface area contributed by atoms with Gasteiger partial charge < -0.3 is 20.9 Å². The zero-order valence-corrected chi connectivity index (χ0v) is 11.7. The second-order valence-corrected chi connectivity index (χ2v) is 5.05. The quantitative estimate of drug-likeness (QED) is 0.778. The highest BCUT2D eigenvalue weighted by atomic mass is 32.1. The van der Waals surface area contributed by atoms with Crippen LogP contribution in [0, 0.1) is 0 Å². The first-order valence-corrected chi connectivity index (χ1v) is 6.06. The fourth-order valence-electron chi connectivity index (χ4n) is 1.07. The van der Waals surface area contributed by atoms with Crippen molar-refractivity contribution in [3.63, 3.8) is 0 Å². The van der Waals surface area contributed by atoms with E-state index in [2.05, 4.69) is 10.3 Å². The first kappa shape index (κ1) is 14.2. The number of carbonyl (C=O) groups excluding carboxylic acids is 2. The van der Waals surface area contributed by atoms with Gasteiger partial charge in [-0.3, -0.25) is 9.59 Å². The van der Waals surface area contributed by atoms with Crippen molar-refractivity contribution in [3.8, 4) is 0 Å². The van der Waals surface area contributed by atoms with Crippen molar-refractivity contribution in [3.05, 3.63) is 4.88 Å². The van der Waals surface area contributed by atoms with E-state index >= 15 is 0 Å². The van der Waals surface area contributed by atoms with Crippen molar-refractivity contribution >= 4 is 34.1 Å². The number of hydrogen-bond acceptors (Lipinski definition) is 6. The van der Waals surface area contributed by atoms with Crippen molar-refractivity contribution < 1.29 is 9.59 Å². The SMILES string of the molecule is CN(C)C(=O)CNC(=O)c1sc(N(C)C)nc1N. The number of thiazole rings is 1. The highest BCUT2D eigenvalue weighted by Gasteiger charge is 2.17. The zero-order valence-electron chi connectivity index (χ0n) is 10.9. The van der Waals surface area contributed by atoms with Crippen molar-refractivity contribution in [2.45, 2.75) is 0 Å². The molecule has 0 aliphatic carbocycles. The summed E-state index contributed by atoms with van der Waals surface area (Å²) in [6, 6.07) is 0. The van der Waals surface area contributed by atoms with E-state index in [1.54, 1.807) is 19.0 Å². The summed E-state index contributed by atoms with van der Waals surface area (Å²) in [6.07, 6.45) is 0. The molecule has 18 heavy (non-hydrogen) atoms. The Bertz CT molecular complexity index is 455. The van der Waals surface area contributed by atoms with Gasteiger partial charge in [0.2, 0.25) is 5.91 Å². The maximum Gasteiger partial charge on any atom is 0.265 e. The average Bonchev–Trinajstić information content (AvgIpc) is 2.67. The van der Waals surface area contributed by atoms with E-state index in [0.29, 0.717) is 10.0 Å². The number of anilines is 2. The van der Waals surface area contributed by atoms with Gasteiger partial charge in [-0.2, -0.15) is 0 Å². The Morgan fingerprint density at radius 3 is 2.39 bits per heavy atom. The molecule has 0 radical (unpaired) electrons. The molecule has 0 fully saturated rings. The molecule has 0 aliphatic heterocycles. The van der Waals surface area contributed by atoms with Crippen LogP contribution in [0.1, 0.15) is 9.67 Å². The third kappa shape index (κ3) is 3.33. The van der Waals surface area contributed by atoms with Gasteiger partial charge in [-0.15, -0.1) is 0 Å². The molecule has 0 aromatic carbocycles. The Kier molecular flexibility index (Phi) is 4.49. The molecule has 3 N–H and O–H groups in total. The van der Waals surface area contributed by atoms with Crippen LogP contribution in [0.5, 0.6) is 0 Å². The molecule has 2 amide bonds. The smallest absolute Gasteiger partial charge is 0.265 e. The van der Waals surface area contributed by atoms with E-state index in [9.17, 15) is 9.59 Å². The number of nitrogens with zero attached hydrogens (tertiary/aromatic N) is 3. The molecule has 0 atom stereocenters. The van der Waals surface area contributed by atoms with Gasteiger partial charge in [-0.05, 0) is 0 Å². The fraction of sp³-hybridized carbons (Fsp3) is 0.500. The molecule has 8 heteroatoms. The van der Waals surface area contributed by atoms with Crippen LogP contribution in [0.2, 0.25) is 0 Å². The predicted molar refractivity (Wildman–Crippen MR) is 71.9 cm³/mol. The van der Waals surface area contributed by atoms with Crippen LogP contribution in [0.4, 0.5) is 10.9 Å². The molecule has 1 rings (SSSR count). The van der Waals surface area contributed by atoms with Crippen molar-refractivity contribution in [1.82, 2.24) is 15.2 Å². The minimum Gasteiger partial charge on any atom is -0.382 e. The van der Waals surface area contributed by atoms with Crippen LogP contribution >= 0.6 is 11.3 Å². The molecular weight excluding hydrogens is 254 g/mol. The van der Waals surface area contributed by atoms with E-state index in [1.807, 2.05) is 14.1 Å². The predicted octanol–water partition coefficient (Wildman–Crippen LogP) is -0.391. The van der Waals surface area contributed by atoms with Crippen molar-refractivity contribution in [2.75, 3.05) is 45.4 Å². The summed E-state index contributed by atoms with van der Waals surface area (Å²) < 4.78 is 0. The van der Waals surface area contributed by atoms with Crippen LogP contribution in [0.25, 0.3) is 0 Å². The van der Waals surface area contributed by atoms with Crippen LogP contribution < -0.4 is 16.0 Å². The topological polar surface area (TPSA) is 91.6 Å². The van der Waals surface area contributed by atoms with Crippen LogP contribution in [-0.2, 0) is 4.79 Å². The van der Waals surface area contributed by atoms with Gasteiger partial charge in [0.05, 0.1) is 6.54 Å². The third-order valence-corrected chi connectivity index (χ3v) is 3.37. The lowest BCUT2D eigenvalue weighted by molar-refractivity contribution is -0.127. The van der Waals surface area contributed by atoms with Gasteiger partial charge in [0.15, 0.2) is 5.13 Å².